The number of benzene rings is 4. The SMILES string of the molecule is CN(C(=O)Nc1ccc2ccccc2c1)c1cccc(-c2ccc(C[S+]3CC(=O)NC3=O)cc2)c1. The molecule has 1 unspecified atom stereocenters. The van der Waals surface area contributed by atoms with Crippen molar-refractivity contribution in [2.24, 2.45) is 0 Å². The topological polar surface area (TPSA) is 78.5 Å². The molecule has 4 aromatic rings. The molecule has 174 valence electrons. The van der Waals surface area contributed by atoms with Crippen LogP contribution in [0.4, 0.5) is 21.0 Å². The van der Waals surface area contributed by atoms with E-state index >= 15 is 0 Å². The summed E-state index contributed by atoms with van der Waals surface area (Å²) < 4.78 is 0. The first-order valence-electron chi connectivity index (χ1n) is 11.2. The van der Waals surface area contributed by atoms with Crippen molar-refractivity contribution in [3.05, 3.63) is 96.6 Å². The molecule has 4 amide bonds. The van der Waals surface area contributed by atoms with Crippen molar-refractivity contribution in [1.82, 2.24) is 5.32 Å². The third kappa shape index (κ3) is 5.05. The van der Waals surface area contributed by atoms with E-state index in [1.807, 2.05) is 91.0 Å². The summed E-state index contributed by atoms with van der Waals surface area (Å²) in [5.41, 5.74) is 4.52. The number of carbonyl (C=O) groups excluding carboxylic acids is 3. The van der Waals surface area contributed by atoms with Crippen molar-refractivity contribution < 1.29 is 14.4 Å². The molecule has 35 heavy (non-hydrogen) atoms. The first-order chi connectivity index (χ1) is 17.0. The number of hydrogen-bond donors (Lipinski definition) is 2. The highest BCUT2D eigenvalue weighted by Crippen LogP contribution is 2.26. The van der Waals surface area contributed by atoms with Crippen LogP contribution in [0.2, 0.25) is 0 Å². The second-order valence-electron chi connectivity index (χ2n) is 8.42. The molecule has 4 aromatic carbocycles. The summed E-state index contributed by atoms with van der Waals surface area (Å²) >= 11 is 0. The van der Waals surface area contributed by atoms with Crippen LogP contribution in [0.3, 0.4) is 0 Å². The van der Waals surface area contributed by atoms with E-state index in [4.69, 9.17) is 0 Å². The lowest BCUT2D eigenvalue weighted by Crippen LogP contribution is -2.31. The maximum Gasteiger partial charge on any atom is 0.436 e. The molecular weight excluding hydrogens is 458 g/mol. The van der Waals surface area contributed by atoms with E-state index in [9.17, 15) is 14.4 Å². The number of imide groups is 1. The van der Waals surface area contributed by atoms with Gasteiger partial charge < -0.3 is 5.32 Å². The van der Waals surface area contributed by atoms with E-state index < -0.39 is 10.9 Å². The highest BCUT2D eigenvalue weighted by Gasteiger charge is 2.40. The van der Waals surface area contributed by atoms with Crippen LogP contribution in [-0.4, -0.2) is 30.0 Å². The summed E-state index contributed by atoms with van der Waals surface area (Å²) in [5, 5.41) is 7.36. The van der Waals surface area contributed by atoms with E-state index in [0.717, 1.165) is 38.8 Å². The van der Waals surface area contributed by atoms with Crippen molar-refractivity contribution in [3.63, 3.8) is 0 Å². The average molecular weight is 483 g/mol. The zero-order valence-electron chi connectivity index (χ0n) is 19.2. The molecule has 0 aliphatic carbocycles. The monoisotopic (exact) mass is 482 g/mol. The Bertz CT molecular complexity index is 1440. The molecule has 0 radical (unpaired) electrons. The van der Waals surface area contributed by atoms with E-state index in [2.05, 4.69) is 10.6 Å². The number of carbonyl (C=O) groups is 3. The van der Waals surface area contributed by atoms with Gasteiger partial charge in [-0.1, -0.05) is 66.7 Å². The van der Waals surface area contributed by atoms with Gasteiger partial charge in [0.2, 0.25) is 0 Å². The number of nitrogens with one attached hydrogen (secondary N) is 2. The third-order valence-electron chi connectivity index (χ3n) is 5.98. The van der Waals surface area contributed by atoms with Gasteiger partial charge in [0.05, 0.1) is 10.9 Å². The van der Waals surface area contributed by atoms with Crippen LogP contribution in [0.1, 0.15) is 5.56 Å². The Morgan fingerprint density at radius 3 is 2.40 bits per heavy atom. The number of nitrogens with zero attached hydrogens (tertiary/aromatic N) is 1. The molecular formula is C28H24N3O3S+. The van der Waals surface area contributed by atoms with Crippen LogP contribution < -0.4 is 15.5 Å². The summed E-state index contributed by atoms with van der Waals surface area (Å²) in [6, 6.07) is 29.4. The van der Waals surface area contributed by atoms with Crippen molar-refractivity contribution >= 4 is 50.2 Å². The molecule has 0 bridgehead atoms. The fourth-order valence-corrected chi connectivity index (χ4v) is 5.65. The highest BCUT2D eigenvalue weighted by atomic mass is 32.2. The second-order valence-corrected chi connectivity index (χ2v) is 10.3. The predicted molar refractivity (Wildman–Crippen MR) is 143 cm³/mol. The fourth-order valence-electron chi connectivity index (χ4n) is 4.04. The van der Waals surface area contributed by atoms with E-state index in [1.165, 1.54) is 0 Å². The molecule has 1 aliphatic rings. The van der Waals surface area contributed by atoms with Gasteiger partial charge in [0.25, 0.3) is 5.91 Å². The van der Waals surface area contributed by atoms with Crippen LogP contribution in [0.25, 0.3) is 21.9 Å². The quantitative estimate of drug-likeness (QED) is 0.367. The largest absolute Gasteiger partial charge is 0.436 e. The summed E-state index contributed by atoms with van der Waals surface area (Å²) in [5.74, 6) is 0.645. The first-order valence-corrected chi connectivity index (χ1v) is 12.8. The van der Waals surface area contributed by atoms with Crippen LogP contribution in [-0.2, 0) is 21.4 Å². The molecule has 5 rings (SSSR count). The van der Waals surface area contributed by atoms with Gasteiger partial charge in [-0.3, -0.25) is 9.69 Å². The Kier molecular flexibility index (Phi) is 6.25. The number of amides is 4. The molecule has 1 fully saturated rings. The molecule has 0 aromatic heterocycles. The molecule has 1 atom stereocenters. The second kappa shape index (κ2) is 9.64. The molecule has 6 nitrogen and oxygen atoms in total. The predicted octanol–water partition coefficient (Wildman–Crippen LogP) is 5.54. The Morgan fingerprint density at radius 2 is 1.66 bits per heavy atom. The summed E-state index contributed by atoms with van der Waals surface area (Å²) in [6.45, 7) is 0. The molecule has 1 heterocycles. The van der Waals surface area contributed by atoms with Gasteiger partial charge in [-0.15, -0.1) is 0 Å². The van der Waals surface area contributed by atoms with Gasteiger partial charge in [-0.2, -0.15) is 0 Å². The lowest BCUT2D eigenvalue weighted by atomic mass is 10.0. The van der Waals surface area contributed by atoms with Crippen molar-refractivity contribution in [2.75, 3.05) is 23.0 Å². The number of hydrogen-bond acceptors (Lipinski definition) is 3. The van der Waals surface area contributed by atoms with Gasteiger partial charge in [0, 0.05) is 24.0 Å². The maximum absolute atomic E-state index is 12.9. The first kappa shape index (κ1) is 22.7. The van der Waals surface area contributed by atoms with Gasteiger partial charge in [0.1, 0.15) is 5.75 Å². The van der Waals surface area contributed by atoms with E-state index in [1.54, 1.807) is 11.9 Å². The summed E-state index contributed by atoms with van der Waals surface area (Å²) in [6.07, 6.45) is 0. The van der Waals surface area contributed by atoms with Gasteiger partial charge in [0.15, 0.2) is 5.75 Å². The smallest absolute Gasteiger partial charge is 0.308 e. The minimum absolute atomic E-state index is 0.170. The van der Waals surface area contributed by atoms with E-state index in [0.29, 0.717) is 5.75 Å². The third-order valence-corrected chi connectivity index (χ3v) is 7.89. The number of urea groups is 1. The lowest BCUT2D eigenvalue weighted by molar-refractivity contribution is -0.117. The number of anilines is 2. The summed E-state index contributed by atoms with van der Waals surface area (Å²) in [7, 11) is 1.15. The standard InChI is InChI=1S/C28H23N3O3S/c1-31(27(33)29-24-14-13-20-5-2-3-6-22(20)15-24)25-8-4-7-23(16-25)21-11-9-19(10-12-21)17-35-18-26(32)30-28(35)34/h2-16H,17-18H2,1H3,(H-,29,30,32,33,34)/p+1. The average Bonchev–Trinajstić information content (AvgIpc) is 3.20. The van der Waals surface area contributed by atoms with Crippen LogP contribution >= 0.6 is 0 Å². The van der Waals surface area contributed by atoms with Gasteiger partial charge in [-0.05, 0) is 46.2 Å². The zero-order valence-corrected chi connectivity index (χ0v) is 20.0. The number of rotatable bonds is 5. The van der Waals surface area contributed by atoms with Crippen molar-refractivity contribution in [1.29, 1.82) is 0 Å². The minimum atomic E-state index is -0.595. The Balaban J connectivity index is 1.28. The molecule has 7 heteroatoms. The normalized spacial score (nSPS) is 15.2. The number of fused-ring (bicyclic) bond motifs is 1. The van der Waals surface area contributed by atoms with Gasteiger partial charge in [-0.25, -0.2) is 14.9 Å². The van der Waals surface area contributed by atoms with Crippen LogP contribution in [0.5, 0.6) is 0 Å². The Labute approximate surface area is 206 Å². The van der Waals surface area contributed by atoms with Crippen LogP contribution in [0.15, 0.2) is 91.0 Å². The van der Waals surface area contributed by atoms with Crippen LogP contribution in [0, 0.1) is 0 Å². The van der Waals surface area contributed by atoms with Crippen molar-refractivity contribution in [2.45, 2.75) is 5.75 Å². The fraction of sp³-hybridized carbons (Fsp3) is 0.107. The lowest BCUT2D eigenvalue weighted by Gasteiger charge is -2.19. The van der Waals surface area contributed by atoms with E-state index in [-0.39, 0.29) is 22.9 Å². The molecule has 0 spiro atoms. The van der Waals surface area contributed by atoms with Gasteiger partial charge >= 0.3 is 11.3 Å². The molecule has 1 saturated heterocycles. The Hall–Kier alpha value is -4.10. The summed E-state index contributed by atoms with van der Waals surface area (Å²) in [4.78, 5) is 37.8. The Morgan fingerprint density at radius 1 is 0.886 bits per heavy atom. The zero-order chi connectivity index (χ0) is 24.4. The van der Waals surface area contributed by atoms with Crippen molar-refractivity contribution in [3.8, 4) is 11.1 Å². The minimum Gasteiger partial charge on any atom is -0.308 e. The molecule has 2 N–H and O–H groups in total. The maximum atomic E-state index is 12.9. The highest BCUT2D eigenvalue weighted by molar-refractivity contribution is 8.11. The molecule has 0 saturated carbocycles. The molecule has 1 aliphatic heterocycles.